The quantitative estimate of drug-likeness (QED) is 0.521. The highest BCUT2D eigenvalue weighted by Crippen LogP contribution is 2.24. The first kappa shape index (κ1) is 17.6. The summed E-state index contributed by atoms with van der Waals surface area (Å²) in [6.45, 7) is 2.97. The molecule has 2 heterocycles. The Bertz CT molecular complexity index is 1220. The van der Waals surface area contributed by atoms with Crippen molar-refractivity contribution in [1.29, 1.82) is 0 Å². The molecule has 0 bridgehead atoms. The zero-order valence-corrected chi connectivity index (χ0v) is 15.8. The van der Waals surface area contributed by atoms with E-state index in [1.807, 2.05) is 35.8 Å². The highest BCUT2D eigenvalue weighted by atomic mass is 32.2. The molecule has 0 aliphatic rings. The SMILES string of the molecule is Cc1ccc(S(=O)(=O)NCCCn2cnc3ccccc32)c2cccnc12. The van der Waals surface area contributed by atoms with E-state index in [-0.39, 0.29) is 4.90 Å². The van der Waals surface area contributed by atoms with Crippen LogP contribution in [-0.4, -0.2) is 29.5 Å². The summed E-state index contributed by atoms with van der Waals surface area (Å²) in [6, 6.07) is 14.9. The van der Waals surface area contributed by atoms with Crippen molar-refractivity contribution in [2.24, 2.45) is 0 Å². The van der Waals surface area contributed by atoms with Gasteiger partial charge in [0.1, 0.15) is 0 Å². The number of benzene rings is 2. The Hall–Kier alpha value is -2.77. The molecule has 2 aromatic carbocycles. The third-order valence-electron chi connectivity index (χ3n) is 4.62. The lowest BCUT2D eigenvalue weighted by Gasteiger charge is -2.11. The molecule has 0 saturated carbocycles. The molecule has 6 nitrogen and oxygen atoms in total. The minimum Gasteiger partial charge on any atom is -0.331 e. The van der Waals surface area contributed by atoms with Crippen molar-refractivity contribution in [2.45, 2.75) is 24.8 Å². The monoisotopic (exact) mass is 380 g/mol. The lowest BCUT2D eigenvalue weighted by Crippen LogP contribution is -2.25. The molecule has 4 rings (SSSR count). The summed E-state index contributed by atoms with van der Waals surface area (Å²) in [6.07, 6.45) is 4.13. The molecule has 0 saturated heterocycles. The number of hydrogen-bond donors (Lipinski definition) is 1. The molecule has 0 atom stereocenters. The van der Waals surface area contributed by atoms with Crippen LogP contribution in [0.5, 0.6) is 0 Å². The van der Waals surface area contributed by atoms with E-state index in [0.717, 1.165) is 16.6 Å². The number of hydrogen-bond acceptors (Lipinski definition) is 4. The third-order valence-corrected chi connectivity index (χ3v) is 6.14. The number of fused-ring (bicyclic) bond motifs is 2. The molecular formula is C20H20N4O2S. The van der Waals surface area contributed by atoms with E-state index in [2.05, 4.69) is 14.7 Å². The minimum atomic E-state index is -3.60. The maximum Gasteiger partial charge on any atom is 0.241 e. The second-order valence-corrected chi connectivity index (χ2v) is 8.19. The van der Waals surface area contributed by atoms with Crippen LogP contribution in [0, 0.1) is 6.92 Å². The third kappa shape index (κ3) is 3.43. The fraction of sp³-hybridized carbons (Fsp3) is 0.200. The summed E-state index contributed by atoms with van der Waals surface area (Å²) in [7, 11) is -3.60. The van der Waals surface area contributed by atoms with Gasteiger partial charge in [0, 0.05) is 24.7 Å². The second kappa shape index (κ2) is 7.09. The van der Waals surface area contributed by atoms with E-state index >= 15 is 0 Å². The van der Waals surface area contributed by atoms with E-state index in [4.69, 9.17) is 0 Å². The highest BCUT2D eigenvalue weighted by Gasteiger charge is 2.18. The van der Waals surface area contributed by atoms with Gasteiger partial charge in [0.25, 0.3) is 0 Å². The van der Waals surface area contributed by atoms with Gasteiger partial charge in [-0.2, -0.15) is 0 Å². The minimum absolute atomic E-state index is 0.268. The zero-order chi connectivity index (χ0) is 18.9. The van der Waals surface area contributed by atoms with Crippen LogP contribution < -0.4 is 4.72 Å². The molecule has 1 N–H and O–H groups in total. The van der Waals surface area contributed by atoms with Gasteiger partial charge < -0.3 is 4.57 Å². The predicted octanol–water partition coefficient (Wildman–Crippen LogP) is 3.26. The fourth-order valence-corrected chi connectivity index (χ4v) is 4.51. The Labute approximate surface area is 157 Å². The first-order valence-electron chi connectivity index (χ1n) is 8.80. The van der Waals surface area contributed by atoms with Crippen LogP contribution in [0.3, 0.4) is 0 Å². The molecule has 7 heteroatoms. The van der Waals surface area contributed by atoms with Crippen molar-refractivity contribution in [3.8, 4) is 0 Å². The van der Waals surface area contributed by atoms with Crippen LogP contribution in [-0.2, 0) is 16.6 Å². The Morgan fingerprint density at radius 3 is 2.78 bits per heavy atom. The fourth-order valence-electron chi connectivity index (χ4n) is 3.24. The average Bonchev–Trinajstić information content (AvgIpc) is 3.09. The van der Waals surface area contributed by atoms with Crippen molar-refractivity contribution in [3.63, 3.8) is 0 Å². The number of sulfonamides is 1. The maximum absolute atomic E-state index is 12.8. The van der Waals surface area contributed by atoms with E-state index in [0.29, 0.717) is 30.4 Å². The molecule has 27 heavy (non-hydrogen) atoms. The summed E-state index contributed by atoms with van der Waals surface area (Å²) in [5, 5.41) is 0.644. The van der Waals surface area contributed by atoms with Crippen LogP contribution in [0.4, 0.5) is 0 Å². The van der Waals surface area contributed by atoms with Crippen molar-refractivity contribution in [2.75, 3.05) is 6.54 Å². The standard InChI is InChI=1S/C20H20N4O2S/c1-15-9-10-19(16-6-4-11-21-20(15)16)27(25,26)23-12-5-13-24-14-22-17-7-2-3-8-18(17)24/h2-4,6-11,14,23H,5,12-13H2,1H3. The van der Waals surface area contributed by atoms with Gasteiger partial charge in [-0.1, -0.05) is 18.2 Å². The number of nitrogens with zero attached hydrogens (tertiary/aromatic N) is 3. The van der Waals surface area contributed by atoms with E-state index in [1.165, 1.54) is 0 Å². The van der Waals surface area contributed by atoms with Crippen molar-refractivity contribution in [3.05, 3.63) is 66.6 Å². The molecule has 0 aliphatic heterocycles. The number of aryl methyl sites for hydroxylation is 2. The van der Waals surface area contributed by atoms with E-state index < -0.39 is 10.0 Å². The van der Waals surface area contributed by atoms with Gasteiger partial charge in [-0.25, -0.2) is 18.1 Å². The number of nitrogens with one attached hydrogen (secondary N) is 1. The van der Waals surface area contributed by atoms with Crippen molar-refractivity contribution < 1.29 is 8.42 Å². The summed E-state index contributed by atoms with van der Waals surface area (Å²) in [4.78, 5) is 8.93. The Kier molecular flexibility index (Phi) is 4.63. The number of imidazole rings is 1. The number of rotatable bonds is 6. The second-order valence-electron chi connectivity index (χ2n) is 6.46. The molecule has 0 unspecified atom stereocenters. The van der Waals surface area contributed by atoms with Crippen LogP contribution in [0.15, 0.2) is 66.0 Å². The number of pyridine rings is 1. The first-order valence-corrected chi connectivity index (χ1v) is 10.3. The molecule has 0 fully saturated rings. The predicted molar refractivity (Wildman–Crippen MR) is 106 cm³/mol. The smallest absolute Gasteiger partial charge is 0.241 e. The molecule has 138 valence electrons. The molecule has 0 aliphatic carbocycles. The van der Waals surface area contributed by atoms with Gasteiger partial charge in [-0.3, -0.25) is 4.98 Å². The van der Waals surface area contributed by atoms with Gasteiger partial charge >= 0.3 is 0 Å². The highest BCUT2D eigenvalue weighted by molar-refractivity contribution is 7.89. The largest absolute Gasteiger partial charge is 0.331 e. The molecule has 2 aromatic heterocycles. The summed E-state index contributed by atoms with van der Waals surface area (Å²) in [5.74, 6) is 0. The topological polar surface area (TPSA) is 76.9 Å². The van der Waals surface area contributed by atoms with E-state index in [9.17, 15) is 8.42 Å². The first-order chi connectivity index (χ1) is 13.1. The average molecular weight is 380 g/mol. The van der Waals surface area contributed by atoms with Crippen LogP contribution >= 0.6 is 0 Å². The summed E-state index contributed by atoms with van der Waals surface area (Å²) in [5.41, 5.74) is 3.66. The van der Waals surface area contributed by atoms with Gasteiger partial charge in [-0.05, 0) is 49.2 Å². The number of aromatic nitrogens is 3. The molecule has 0 radical (unpaired) electrons. The van der Waals surface area contributed by atoms with Crippen LogP contribution in [0.1, 0.15) is 12.0 Å². The zero-order valence-electron chi connectivity index (χ0n) is 15.0. The van der Waals surface area contributed by atoms with Gasteiger partial charge in [0.2, 0.25) is 10.0 Å². The summed E-state index contributed by atoms with van der Waals surface area (Å²) < 4.78 is 30.3. The van der Waals surface area contributed by atoms with Gasteiger partial charge in [-0.15, -0.1) is 0 Å². The normalized spacial score (nSPS) is 12.0. The lowest BCUT2D eigenvalue weighted by atomic mass is 10.1. The van der Waals surface area contributed by atoms with E-state index in [1.54, 1.807) is 36.8 Å². The number of para-hydroxylation sites is 2. The Balaban J connectivity index is 1.47. The van der Waals surface area contributed by atoms with Crippen LogP contribution in [0.2, 0.25) is 0 Å². The Morgan fingerprint density at radius 2 is 1.89 bits per heavy atom. The van der Waals surface area contributed by atoms with Gasteiger partial charge in [0.05, 0.1) is 27.8 Å². The van der Waals surface area contributed by atoms with Gasteiger partial charge in [0.15, 0.2) is 0 Å². The molecule has 0 amide bonds. The molecular weight excluding hydrogens is 360 g/mol. The Morgan fingerprint density at radius 1 is 1.04 bits per heavy atom. The van der Waals surface area contributed by atoms with Crippen LogP contribution in [0.25, 0.3) is 21.9 Å². The maximum atomic E-state index is 12.8. The lowest BCUT2D eigenvalue weighted by molar-refractivity contribution is 0.572. The molecule has 4 aromatic rings. The molecule has 0 spiro atoms. The van der Waals surface area contributed by atoms with Crippen molar-refractivity contribution >= 4 is 32.0 Å². The van der Waals surface area contributed by atoms with Crippen molar-refractivity contribution in [1.82, 2.24) is 19.3 Å². The summed E-state index contributed by atoms with van der Waals surface area (Å²) >= 11 is 0.